The first kappa shape index (κ1) is 11.4. The number of nitrogens with two attached hydrogens (primary N) is 1. The van der Waals surface area contributed by atoms with Crippen LogP contribution in [0.4, 0.5) is 0 Å². The molecule has 0 aromatic carbocycles. The molecule has 0 aromatic rings. The molecule has 1 aliphatic heterocycles. The van der Waals surface area contributed by atoms with Crippen LogP contribution in [0, 0.1) is 5.92 Å². The molecule has 1 heterocycles. The molecule has 2 rings (SSSR count). The molecule has 0 bridgehead atoms. The number of hydrogen-bond acceptors (Lipinski definition) is 3. The Balaban J connectivity index is 2.12. The largest absolute Gasteiger partial charge is 0.329 e. The lowest BCUT2D eigenvalue weighted by Crippen LogP contribution is -2.45. The van der Waals surface area contributed by atoms with Gasteiger partial charge >= 0.3 is 0 Å². The predicted molar refractivity (Wildman–Crippen MR) is 59.9 cm³/mol. The highest BCUT2D eigenvalue weighted by Gasteiger charge is 2.38. The van der Waals surface area contributed by atoms with Crippen LogP contribution in [0.2, 0.25) is 0 Å². The summed E-state index contributed by atoms with van der Waals surface area (Å²) >= 11 is 0. The van der Waals surface area contributed by atoms with Crippen molar-refractivity contribution in [1.82, 2.24) is 4.31 Å². The lowest BCUT2D eigenvalue weighted by atomic mass is 9.98. The zero-order chi connectivity index (χ0) is 10.9. The van der Waals surface area contributed by atoms with Gasteiger partial charge in [0.25, 0.3) is 0 Å². The van der Waals surface area contributed by atoms with E-state index in [0.29, 0.717) is 24.8 Å². The molecule has 4 nitrogen and oxygen atoms in total. The minimum absolute atomic E-state index is 0.0694. The van der Waals surface area contributed by atoms with Gasteiger partial charge in [0.1, 0.15) is 0 Å². The van der Waals surface area contributed by atoms with Crippen molar-refractivity contribution in [1.29, 1.82) is 0 Å². The molecule has 0 spiro atoms. The lowest BCUT2D eigenvalue weighted by Gasteiger charge is -2.30. The first-order valence-corrected chi connectivity index (χ1v) is 7.45. The summed E-state index contributed by atoms with van der Waals surface area (Å²) in [6, 6.07) is 0.0694. The fraction of sp³-hybridized carbons (Fsp3) is 1.00. The minimum Gasteiger partial charge on any atom is -0.329 e. The molecule has 5 heteroatoms. The Bertz CT molecular complexity index is 309. The number of hydrogen-bond donors (Lipinski definition) is 1. The third-order valence-corrected chi connectivity index (χ3v) is 5.67. The Morgan fingerprint density at radius 2 is 1.93 bits per heavy atom. The summed E-state index contributed by atoms with van der Waals surface area (Å²) in [5.41, 5.74) is 5.75. The number of rotatable bonds is 3. The summed E-state index contributed by atoms with van der Waals surface area (Å²) in [5, 5.41) is 0. The SMILES string of the molecule is NCC(C1CCCC1)N1CCCS1(=O)=O. The molecule has 88 valence electrons. The summed E-state index contributed by atoms with van der Waals surface area (Å²) in [4.78, 5) is 0. The molecule has 0 aromatic heterocycles. The van der Waals surface area contributed by atoms with Crippen molar-refractivity contribution >= 4 is 10.0 Å². The Labute approximate surface area is 91.9 Å². The van der Waals surface area contributed by atoms with E-state index in [1.807, 2.05) is 0 Å². The highest BCUT2D eigenvalue weighted by molar-refractivity contribution is 7.89. The Hall–Kier alpha value is -0.130. The second-order valence-electron chi connectivity index (χ2n) is 4.63. The van der Waals surface area contributed by atoms with Crippen LogP contribution >= 0.6 is 0 Å². The van der Waals surface area contributed by atoms with E-state index < -0.39 is 10.0 Å². The fourth-order valence-corrected chi connectivity index (χ4v) is 4.73. The molecule has 2 aliphatic rings. The summed E-state index contributed by atoms with van der Waals surface area (Å²) in [5.74, 6) is 0.818. The van der Waals surface area contributed by atoms with Crippen molar-refractivity contribution in [3.05, 3.63) is 0 Å². The Morgan fingerprint density at radius 1 is 1.27 bits per heavy atom. The average Bonchev–Trinajstić information content (AvgIpc) is 2.78. The second-order valence-corrected chi connectivity index (χ2v) is 6.67. The van der Waals surface area contributed by atoms with Crippen LogP contribution in [0.5, 0.6) is 0 Å². The first-order valence-electron chi connectivity index (χ1n) is 5.85. The molecule has 15 heavy (non-hydrogen) atoms. The molecule has 1 saturated carbocycles. The van der Waals surface area contributed by atoms with E-state index in [0.717, 1.165) is 19.3 Å². The number of sulfonamides is 1. The second kappa shape index (κ2) is 4.39. The average molecular weight is 232 g/mol. The zero-order valence-electron chi connectivity index (χ0n) is 9.06. The third kappa shape index (κ3) is 2.19. The van der Waals surface area contributed by atoms with Gasteiger partial charge in [-0.3, -0.25) is 0 Å². The van der Waals surface area contributed by atoms with Gasteiger partial charge in [-0.25, -0.2) is 8.42 Å². The Morgan fingerprint density at radius 3 is 2.40 bits per heavy atom. The topological polar surface area (TPSA) is 63.4 Å². The van der Waals surface area contributed by atoms with Crippen LogP contribution in [0.25, 0.3) is 0 Å². The van der Waals surface area contributed by atoms with Gasteiger partial charge < -0.3 is 5.73 Å². The van der Waals surface area contributed by atoms with Crippen LogP contribution in [0.15, 0.2) is 0 Å². The van der Waals surface area contributed by atoms with Crippen LogP contribution in [-0.4, -0.2) is 37.6 Å². The standard InChI is InChI=1S/C10H20N2O2S/c11-8-10(9-4-1-2-5-9)12-6-3-7-15(12,13)14/h9-10H,1-8,11H2. The molecule has 1 atom stereocenters. The van der Waals surface area contributed by atoms with Gasteiger partial charge in [0.15, 0.2) is 0 Å². The molecular weight excluding hydrogens is 212 g/mol. The van der Waals surface area contributed by atoms with Crippen molar-refractivity contribution < 1.29 is 8.42 Å². The van der Waals surface area contributed by atoms with Gasteiger partial charge in [-0.05, 0) is 25.2 Å². The van der Waals surface area contributed by atoms with Gasteiger partial charge in [0.05, 0.1) is 5.75 Å². The van der Waals surface area contributed by atoms with Crippen molar-refractivity contribution in [2.75, 3.05) is 18.8 Å². The zero-order valence-corrected chi connectivity index (χ0v) is 9.88. The molecule has 2 fully saturated rings. The van der Waals surface area contributed by atoms with Crippen LogP contribution in [0.3, 0.4) is 0 Å². The highest BCUT2D eigenvalue weighted by Crippen LogP contribution is 2.32. The van der Waals surface area contributed by atoms with E-state index in [1.165, 1.54) is 12.8 Å². The highest BCUT2D eigenvalue weighted by atomic mass is 32.2. The van der Waals surface area contributed by atoms with Gasteiger partial charge in [-0.15, -0.1) is 0 Å². The van der Waals surface area contributed by atoms with Gasteiger partial charge in [0.2, 0.25) is 10.0 Å². The lowest BCUT2D eigenvalue weighted by molar-refractivity contribution is 0.256. The summed E-state index contributed by atoms with van der Waals surface area (Å²) in [6.45, 7) is 1.16. The van der Waals surface area contributed by atoms with Crippen LogP contribution in [0.1, 0.15) is 32.1 Å². The molecule has 1 aliphatic carbocycles. The third-order valence-electron chi connectivity index (χ3n) is 3.69. The number of nitrogens with zero attached hydrogens (tertiary/aromatic N) is 1. The van der Waals surface area contributed by atoms with Crippen molar-refractivity contribution in [2.45, 2.75) is 38.1 Å². The van der Waals surface area contributed by atoms with Crippen molar-refractivity contribution in [3.8, 4) is 0 Å². The van der Waals surface area contributed by atoms with Crippen molar-refractivity contribution in [2.24, 2.45) is 11.7 Å². The monoisotopic (exact) mass is 232 g/mol. The van der Waals surface area contributed by atoms with Crippen LogP contribution in [-0.2, 0) is 10.0 Å². The van der Waals surface area contributed by atoms with E-state index >= 15 is 0 Å². The molecular formula is C10H20N2O2S. The minimum atomic E-state index is -2.98. The molecule has 1 unspecified atom stereocenters. The maximum Gasteiger partial charge on any atom is 0.214 e. The maximum absolute atomic E-state index is 11.8. The molecule has 1 saturated heterocycles. The molecule has 0 amide bonds. The normalized spacial score (nSPS) is 29.7. The Kier molecular flexibility index (Phi) is 3.33. The van der Waals surface area contributed by atoms with Gasteiger partial charge in [-0.1, -0.05) is 12.8 Å². The summed E-state index contributed by atoms with van der Waals surface area (Å²) in [7, 11) is -2.98. The van der Waals surface area contributed by atoms with E-state index in [4.69, 9.17) is 5.73 Å². The molecule has 2 N–H and O–H groups in total. The first-order chi connectivity index (χ1) is 7.15. The van der Waals surface area contributed by atoms with Gasteiger partial charge in [0, 0.05) is 19.1 Å². The van der Waals surface area contributed by atoms with E-state index in [9.17, 15) is 8.42 Å². The van der Waals surface area contributed by atoms with Crippen molar-refractivity contribution in [3.63, 3.8) is 0 Å². The van der Waals surface area contributed by atoms with E-state index in [1.54, 1.807) is 4.31 Å². The predicted octanol–water partition coefficient (Wildman–Crippen LogP) is 0.539. The molecule has 0 radical (unpaired) electrons. The van der Waals surface area contributed by atoms with Gasteiger partial charge in [-0.2, -0.15) is 4.31 Å². The summed E-state index contributed by atoms with van der Waals surface area (Å²) < 4.78 is 25.2. The van der Waals surface area contributed by atoms with Crippen LogP contribution < -0.4 is 5.73 Å². The summed E-state index contributed by atoms with van der Waals surface area (Å²) in [6.07, 6.45) is 5.53. The quantitative estimate of drug-likeness (QED) is 0.772. The maximum atomic E-state index is 11.8. The van der Waals surface area contributed by atoms with E-state index in [2.05, 4.69) is 0 Å². The smallest absolute Gasteiger partial charge is 0.214 e. The fourth-order valence-electron chi connectivity index (χ4n) is 2.92. The van der Waals surface area contributed by atoms with E-state index in [-0.39, 0.29) is 6.04 Å².